The maximum Gasteiger partial charge on any atom is 0.140 e. The van der Waals surface area contributed by atoms with Gasteiger partial charge in [0.05, 0.1) is 11.1 Å². The molecular formula is C17H22N4. The SMILES string of the molecule is CC1(C)CCCN(c2nc3ccccc3cc2C(=N)N)C1. The van der Waals surface area contributed by atoms with Crippen LogP contribution in [0.3, 0.4) is 0 Å². The van der Waals surface area contributed by atoms with Crippen molar-refractivity contribution < 1.29 is 0 Å². The van der Waals surface area contributed by atoms with Gasteiger partial charge in [0.15, 0.2) is 0 Å². The number of piperidine rings is 1. The minimum absolute atomic E-state index is 0.0895. The van der Waals surface area contributed by atoms with E-state index in [0.29, 0.717) is 0 Å². The Labute approximate surface area is 125 Å². The first-order chi connectivity index (χ1) is 9.96. The topological polar surface area (TPSA) is 66.0 Å². The predicted octanol–water partition coefficient (Wildman–Crippen LogP) is 3.15. The molecule has 1 fully saturated rings. The smallest absolute Gasteiger partial charge is 0.140 e. The van der Waals surface area contributed by atoms with Crippen LogP contribution in [-0.2, 0) is 0 Å². The van der Waals surface area contributed by atoms with Crippen molar-refractivity contribution in [1.29, 1.82) is 5.41 Å². The molecular weight excluding hydrogens is 260 g/mol. The summed E-state index contributed by atoms with van der Waals surface area (Å²) in [6.07, 6.45) is 2.38. The highest BCUT2D eigenvalue weighted by molar-refractivity contribution is 6.03. The molecule has 0 atom stereocenters. The fourth-order valence-electron chi connectivity index (χ4n) is 3.15. The number of para-hydroxylation sites is 1. The average molecular weight is 282 g/mol. The van der Waals surface area contributed by atoms with Gasteiger partial charge in [0.25, 0.3) is 0 Å². The summed E-state index contributed by atoms with van der Waals surface area (Å²) in [6, 6.07) is 9.99. The summed E-state index contributed by atoms with van der Waals surface area (Å²) in [7, 11) is 0. The fraction of sp³-hybridized carbons (Fsp3) is 0.412. The molecule has 4 heteroatoms. The molecule has 0 radical (unpaired) electrons. The summed E-state index contributed by atoms with van der Waals surface area (Å²) in [5.41, 5.74) is 7.78. The summed E-state index contributed by atoms with van der Waals surface area (Å²) < 4.78 is 0. The van der Waals surface area contributed by atoms with E-state index in [1.165, 1.54) is 6.42 Å². The van der Waals surface area contributed by atoms with Gasteiger partial charge in [-0.2, -0.15) is 0 Å². The van der Waals surface area contributed by atoms with Crippen molar-refractivity contribution in [2.75, 3.05) is 18.0 Å². The van der Waals surface area contributed by atoms with Gasteiger partial charge in [-0.25, -0.2) is 4.98 Å². The number of fused-ring (bicyclic) bond motifs is 1. The number of hydrogen-bond donors (Lipinski definition) is 2. The van der Waals surface area contributed by atoms with Crippen LogP contribution in [0.4, 0.5) is 5.82 Å². The minimum atomic E-state index is 0.0895. The molecule has 0 spiro atoms. The van der Waals surface area contributed by atoms with Crippen molar-refractivity contribution in [3.05, 3.63) is 35.9 Å². The molecule has 0 saturated carbocycles. The molecule has 1 saturated heterocycles. The van der Waals surface area contributed by atoms with Crippen molar-refractivity contribution in [2.24, 2.45) is 11.1 Å². The molecule has 110 valence electrons. The first-order valence-corrected chi connectivity index (χ1v) is 7.45. The summed E-state index contributed by atoms with van der Waals surface area (Å²) in [4.78, 5) is 7.08. The first kappa shape index (κ1) is 13.9. The Morgan fingerprint density at radius 2 is 2.10 bits per heavy atom. The Bertz CT molecular complexity index is 690. The molecule has 0 bridgehead atoms. The van der Waals surface area contributed by atoms with Crippen LogP contribution < -0.4 is 10.6 Å². The fourth-order valence-corrected chi connectivity index (χ4v) is 3.15. The van der Waals surface area contributed by atoms with Crippen molar-refractivity contribution in [3.63, 3.8) is 0 Å². The molecule has 2 heterocycles. The quantitative estimate of drug-likeness (QED) is 0.657. The highest BCUT2D eigenvalue weighted by atomic mass is 15.2. The van der Waals surface area contributed by atoms with Crippen molar-refractivity contribution in [2.45, 2.75) is 26.7 Å². The highest BCUT2D eigenvalue weighted by Crippen LogP contribution is 2.33. The normalized spacial score (nSPS) is 17.9. The Morgan fingerprint density at radius 3 is 2.81 bits per heavy atom. The lowest BCUT2D eigenvalue weighted by molar-refractivity contribution is 0.292. The zero-order valence-electron chi connectivity index (χ0n) is 12.7. The lowest BCUT2D eigenvalue weighted by Gasteiger charge is -2.39. The van der Waals surface area contributed by atoms with Gasteiger partial charge in [-0.3, -0.25) is 5.41 Å². The van der Waals surface area contributed by atoms with Crippen LogP contribution in [0.2, 0.25) is 0 Å². The van der Waals surface area contributed by atoms with Gasteiger partial charge in [-0.1, -0.05) is 32.0 Å². The van der Waals surface area contributed by atoms with Crippen molar-refractivity contribution in [3.8, 4) is 0 Å². The maximum atomic E-state index is 7.88. The van der Waals surface area contributed by atoms with Gasteiger partial charge in [0, 0.05) is 18.5 Å². The predicted molar refractivity (Wildman–Crippen MR) is 88.0 cm³/mol. The molecule has 3 rings (SSSR count). The van der Waals surface area contributed by atoms with E-state index in [1.54, 1.807) is 0 Å². The number of pyridine rings is 1. The van der Waals surface area contributed by atoms with E-state index in [1.807, 2.05) is 30.3 Å². The Kier molecular flexibility index (Phi) is 3.32. The van der Waals surface area contributed by atoms with Crippen molar-refractivity contribution in [1.82, 2.24) is 4.98 Å². The molecule has 1 aromatic carbocycles. The van der Waals surface area contributed by atoms with Gasteiger partial charge in [-0.05, 0) is 30.4 Å². The highest BCUT2D eigenvalue weighted by Gasteiger charge is 2.28. The van der Waals surface area contributed by atoms with Gasteiger partial charge >= 0.3 is 0 Å². The third-order valence-corrected chi connectivity index (χ3v) is 4.19. The standard InChI is InChI=1S/C17H22N4/c1-17(2)8-5-9-21(11-17)16-13(15(18)19)10-12-6-3-4-7-14(12)20-16/h3-4,6-7,10H,5,8-9,11H2,1-2H3,(H3,18,19). The van der Waals surface area contributed by atoms with Gasteiger partial charge in [0.2, 0.25) is 0 Å². The monoisotopic (exact) mass is 282 g/mol. The van der Waals surface area contributed by atoms with Crippen LogP contribution in [0.5, 0.6) is 0 Å². The second-order valence-corrected chi connectivity index (χ2v) is 6.66. The van der Waals surface area contributed by atoms with E-state index in [4.69, 9.17) is 16.1 Å². The number of amidine groups is 1. The van der Waals surface area contributed by atoms with Gasteiger partial charge in [-0.15, -0.1) is 0 Å². The van der Waals surface area contributed by atoms with Gasteiger partial charge < -0.3 is 10.6 Å². The zero-order valence-corrected chi connectivity index (χ0v) is 12.7. The Hall–Kier alpha value is -2.10. The summed E-state index contributed by atoms with van der Waals surface area (Å²) in [6.45, 7) is 6.51. The van der Waals surface area contributed by atoms with Crippen LogP contribution in [0, 0.1) is 10.8 Å². The Morgan fingerprint density at radius 1 is 1.33 bits per heavy atom. The number of nitrogens with two attached hydrogens (primary N) is 1. The Balaban J connectivity index is 2.11. The molecule has 21 heavy (non-hydrogen) atoms. The second kappa shape index (κ2) is 5.02. The first-order valence-electron chi connectivity index (χ1n) is 7.45. The number of anilines is 1. The molecule has 0 aliphatic carbocycles. The van der Waals surface area contributed by atoms with Crippen LogP contribution in [0.15, 0.2) is 30.3 Å². The lowest BCUT2D eigenvalue weighted by Crippen LogP contribution is -2.41. The van der Waals surface area contributed by atoms with Crippen LogP contribution >= 0.6 is 0 Å². The molecule has 1 aromatic heterocycles. The lowest BCUT2D eigenvalue weighted by atomic mass is 9.84. The summed E-state index contributed by atoms with van der Waals surface area (Å²) >= 11 is 0. The second-order valence-electron chi connectivity index (χ2n) is 6.66. The molecule has 3 N–H and O–H groups in total. The number of aromatic nitrogens is 1. The molecule has 1 aliphatic heterocycles. The van der Waals surface area contributed by atoms with E-state index >= 15 is 0 Å². The van der Waals surface area contributed by atoms with E-state index < -0.39 is 0 Å². The molecule has 0 unspecified atom stereocenters. The maximum absolute atomic E-state index is 7.88. The van der Waals surface area contributed by atoms with E-state index in [9.17, 15) is 0 Å². The number of hydrogen-bond acceptors (Lipinski definition) is 3. The number of nitrogen functional groups attached to an aromatic ring is 1. The summed E-state index contributed by atoms with van der Waals surface area (Å²) in [5.74, 6) is 0.945. The summed E-state index contributed by atoms with van der Waals surface area (Å²) in [5, 5.41) is 8.91. The van der Waals surface area contributed by atoms with E-state index in [-0.39, 0.29) is 11.3 Å². The van der Waals surface area contributed by atoms with Crippen LogP contribution in [0.1, 0.15) is 32.3 Å². The van der Waals surface area contributed by atoms with Gasteiger partial charge in [0.1, 0.15) is 11.7 Å². The van der Waals surface area contributed by atoms with E-state index in [0.717, 1.165) is 41.8 Å². The van der Waals surface area contributed by atoms with E-state index in [2.05, 4.69) is 18.7 Å². The molecule has 4 nitrogen and oxygen atoms in total. The third-order valence-electron chi connectivity index (χ3n) is 4.19. The third kappa shape index (κ3) is 2.71. The number of nitrogens with zero attached hydrogens (tertiary/aromatic N) is 2. The van der Waals surface area contributed by atoms with Crippen LogP contribution in [-0.4, -0.2) is 23.9 Å². The largest absolute Gasteiger partial charge is 0.384 e. The number of nitrogens with one attached hydrogen (secondary N) is 1. The number of rotatable bonds is 2. The zero-order chi connectivity index (χ0) is 15.0. The molecule has 2 aromatic rings. The van der Waals surface area contributed by atoms with Crippen LogP contribution in [0.25, 0.3) is 10.9 Å². The minimum Gasteiger partial charge on any atom is -0.384 e. The number of benzene rings is 1. The average Bonchev–Trinajstić information content (AvgIpc) is 2.44. The molecule has 0 amide bonds. The molecule has 1 aliphatic rings. The van der Waals surface area contributed by atoms with Crippen molar-refractivity contribution >= 4 is 22.6 Å².